The normalized spacial score (nSPS) is 16.7. The number of likely N-dealkylation sites (tertiary alicyclic amines) is 1. The molecule has 0 unspecified atom stereocenters. The van der Waals surface area contributed by atoms with Crippen molar-refractivity contribution >= 4 is 21.6 Å². The van der Waals surface area contributed by atoms with Crippen molar-refractivity contribution in [2.45, 2.75) is 25.8 Å². The Labute approximate surface area is 111 Å². The van der Waals surface area contributed by atoms with Gasteiger partial charge in [0.2, 0.25) is 0 Å². The zero-order valence-electron chi connectivity index (χ0n) is 10.5. The first kappa shape index (κ1) is 11.9. The maximum absolute atomic E-state index is 12.1. The molecule has 0 radical (unpaired) electrons. The smallest absolute Gasteiger partial charge is 0.268 e. The van der Waals surface area contributed by atoms with Gasteiger partial charge in [0.05, 0.1) is 10.1 Å². The van der Waals surface area contributed by atoms with E-state index >= 15 is 0 Å². The lowest BCUT2D eigenvalue weighted by molar-refractivity contribution is 0.327. The predicted molar refractivity (Wildman–Crippen MR) is 76.4 cm³/mol. The van der Waals surface area contributed by atoms with E-state index in [1.54, 1.807) is 11.5 Å². The van der Waals surface area contributed by atoms with Gasteiger partial charge in [0.1, 0.15) is 0 Å². The van der Waals surface area contributed by atoms with Crippen molar-refractivity contribution in [1.29, 1.82) is 0 Å². The molecule has 3 nitrogen and oxygen atoms in total. The van der Waals surface area contributed by atoms with Crippen molar-refractivity contribution < 1.29 is 0 Å². The SMILES string of the molecule is O=c1c2ccccc2sn1CCCN1CCCC1. The minimum absolute atomic E-state index is 0.178. The maximum Gasteiger partial charge on any atom is 0.268 e. The summed E-state index contributed by atoms with van der Waals surface area (Å²) in [6.07, 6.45) is 3.75. The molecule has 2 heterocycles. The van der Waals surface area contributed by atoms with Crippen molar-refractivity contribution in [3.05, 3.63) is 34.6 Å². The molecule has 4 heteroatoms. The minimum atomic E-state index is 0.178. The molecule has 0 atom stereocenters. The summed E-state index contributed by atoms with van der Waals surface area (Å²) >= 11 is 1.59. The van der Waals surface area contributed by atoms with E-state index in [4.69, 9.17) is 0 Å². The van der Waals surface area contributed by atoms with Crippen LogP contribution in [0.25, 0.3) is 10.1 Å². The monoisotopic (exact) mass is 262 g/mol. The number of aromatic nitrogens is 1. The van der Waals surface area contributed by atoms with E-state index in [1.165, 1.54) is 25.9 Å². The van der Waals surface area contributed by atoms with Gasteiger partial charge in [-0.3, -0.25) is 8.75 Å². The summed E-state index contributed by atoms with van der Waals surface area (Å²) in [5, 5.41) is 0.865. The predicted octanol–water partition coefficient (Wildman–Crippen LogP) is 2.55. The molecule has 0 amide bonds. The average molecular weight is 262 g/mol. The molecule has 0 bridgehead atoms. The van der Waals surface area contributed by atoms with E-state index in [0.717, 1.165) is 29.6 Å². The van der Waals surface area contributed by atoms with E-state index < -0.39 is 0 Å². The van der Waals surface area contributed by atoms with Crippen LogP contribution in [0.4, 0.5) is 0 Å². The van der Waals surface area contributed by atoms with Crippen molar-refractivity contribution in [2.24, 2.45) is 0 Å². The molecule has 3 rings (SSSR count). The zero-order chi connectivity index (χ0) is 12.4. The fourth-order valence-corrected chi connectivity index (χ4v) is 3.64. The molecule has 0 aliphatic carbocycles. The molecule has 96 valence electrons. The second-order valence-corrected chi connectivity index (χ2v) is 5.96. The Bertz CT molecular complexity index is 581. The number of hydrogen-bond acceptors (Lipinski definition) is 3. The number of aryl methyl sites for hydroxylation is 1. The average Bonchev–Trinajstić information content (AvgIpc) is 3.00. The molecule has 1 fully saturated rings. The molecule has 18 heavy (non-hydrogen) atoms. The van der Waals surface area contributed by atoms with Crippen LogP contribution in [0.1, 0.15) is 19.3 Å². The number of hydrogen-bond donors (Lipinski definition) is 0. The standard InChI is InChI=1S/C14H18N2OS/c17-14-12-6-1-2-7-13(12)18-16(14)11-5-10-15-8-3-4-9-15/h1-2,6-7H,3-5,8-11H2. The lowest BCUT2D eigenvalue weighted by atomic mass is 10.3. The Morgan fingerprint density at radius 2 is 1.89 bits per heavy atom. The van der Waals surface area contributed by atoms with Crippen molar-refractivity contribution in [3.63, 3.8) is 0 Å². The fourth-order valence-electron chi connectivity index (χ4n) is 2.61. The Kier molecular flexibility index (Phi) is 3.48. The van der Waals surface area contributed by atoms with Crippen LogP contribution in [0.2, 0.25) is 0 Å². The summed E-state index contributed by atoms with van der Waals surface area (Å²) in [7, 11) is 0. The van der Waals surface area contributed by atoms with Gasteiger partial charge in [-0.25, -0.2) is 0 Å². The molecular formula is C14H18N2OS. The van der Waals surface area contributed by atoms with Crippen LogP contribution >= 0.6 is 11.5 Å². The van der Waals surface area contributed by atoms with Crippen LogP contribution in [0.5, 0.6) is 0 Å². The number of rotatable bonds is 4. The van der Waals surface area contributed by atoms with Crippen molar-refractivity contribution in [1.82, 2.24) is 8.86 Å². The largest absolute Gasteiger partial charge is 0.303 e. The van der Waals surface area contributed by atoms with Gasteiger partial charge in [-0.1, -0.05) is 23.7 Å². The quantitative estimate of drug-likeness (QED) is 0.846. The molecule has 2 aromatic rings. The zero-order valence-corrected chi connectivity index (χ0v) is 11.3. The summed E-state index contributed by atoms with van der Waals surface area (Å²) in [6.45, 7) is 4.46. The van der Waals surface area contributed by atoms with Gasteiger partial charge in [0, 0.05) is 6.54 Å². The molecule has 1 aliphatic heterocycles. The first-order chi connectivity index (χ1) is 8.84. The van der Waals surface area contributed by atoms with E-state index in [2.05, 4.69) is 4.90 Å². The second kappa shape index (κ2) is 5.24. The van der Waals surface area contributed by atoms with Crippen LogP contribution in [0.15, 0.2) is 29.1 Å². The van der Waals surface area contributed by atoms with E-state index in [9.17, 15) is 4.79 Å². The number of fused-ring (bicyclic) bond motifs is 1. The molecule has 0 saturated carbocycles. The van der Waals surface area contributed by atoms with Gasteiger partial charge in [0.15, 0.2) is 0 Å². The topological polar surface area (TPSA) is 25.2 Å². The van der Waals surface area contributed by atoms with Crippen molar-refractivity contribution in [3.8, 4) is 0 Å². The van der Waals surface area contributed by atoms with Crippen LogP contribution in [-0.2, 0) is 6.54 Å². The van der Waals surface area contributed by atoms with Gasteiger partial charge in [-0.2, -0.15) is 0 Å². The van der Waals surface area contributed by atoms with Crippen LogP contribution < -0.4 is 5.56 Å². The van der Waals surface area contributed by atoms with Crippen LogP contribution in [-0.4, -0.2) is 28.5 Å². The Morgan fingerprint density at radius 1 is 1.11 bits per heavy atom. The van der Waals surface area contributed by atoms with Gasteiger partial charge >= 0.3 is 0 Å². The lowest BCUT2D eigenvalue weighted by Crippen LogP contribution is -2.23. The van der Waals surface area contributed by atoms with Gasteiger partial charge in [0.25, 0.3) is 5.56 Å². The highest BCUT2D eigenvalue weighted by Crippen LogP contribution is 2.16. The summed E-state index contributed by atoms with van der Waals surface area (Å²) < 4.78 is 3.00. The highest BCUT2D eigenvalue weighted by atomic mass is 32.1. The summed E-state index contributed by atoms with van der Waals surface area (Å²) in [6, 6.07) is 7.88. The highest BCUT2D eigenvalue weighted by Gasteiger charge is 2.11. The Hall–Kier alpha value is -1.13. The van der Waals surface area contributed by atoms with E-state index in [-0.39, 0.29) is 5.56 Å². The third-order valence-electron chi connectivity index (χ3n) is 3.59. The third kappa shape index (κ3) is 2.35. The van der Waals surface area contributed by atoms with Crippen LogP contribution in [0, 0.1) is 0 Å². The molecule has 0 spiro atoms. The fraction of sp³-hybridized carbons (Fsp3) is 0.500. The molecule has 1 saturated heterocycles. The van der Waals surface area contributed by atoms with Gasteiger partial charge in [-0.15, -0.1) is 0 Å². The molecule has 1 aromatic heterocycles. The highest BCUT2D eigenvalue weighted by molar-refractivity contribution is 7.13. The van der Waals surface area contributed by atoms with Crippen molar-refractivity contribution in [2.75, 3.05) is 19.6 Å². The molecule has 1 aromatic carbocycles. The summed E-state index contributed by atoms with van der Waals surface area (Å²) in [5.41, 5.74) is 0.178. The van der Waals surface area contributed by atoms with Gasteiger partial charge < -0.3 is 4.90 Å². The van der Waals surface area contributed by atoms with E-state index in [0.29, 0.717) is 0 Å². The summed E-state index contributed by atoms with van der Waals surface area (Å²) in [4.78, 5) is 14.6. The molecule has 1 aliphatic rings. The number of nitrogens with zero attached hydrogens (tertiary/aromatic N) is 2. The van der Waals surface area contributed by atoms with Crippen LogP contribution in [0.3, 0.4) is 0 Å². The second-order valence-electron chi connectivity index (χ2n) is 4.90. The maximum atomic E-state index is 12.1. The Morgan fingerprint density at radius 3 is 2.67 bits per heavy atom. The third-order valence-corrected chi connectivity index (χ3v) is 4.71. The Balaban J connectivity index is 1.67. The van der Waals surface area contributed by atoms with E-state index in [1.807, 2.05) is 28.2 Å². The minimum Gasteiger partial charge on any atom is -0.303 e. The lowest BCUT2D eigenvalue weighted by Gasteiger charge is -2.13. The number of benzene rings is 1. The molecular weight excluding hydrogens is 244 g/mol. The van der Waals surface area contributed by atoms with Gasteiger partial charge in [-0.05, 0) is 51.0 Å². The first-order valence-electron chi connectivity index (χ1n) is 6.66. The first-order valence-corrected chi connectivity index (χ1v) is 7.43. The summed E-state index contributed by atoms with van der Waals surface area (Å²) in [5.74, 6) is 0. The molecule has 0 N–H and O–H groups in total.